The Balaban J connectivity index is 3.21. The first kappa shape index (κ1) is 12.2. The summed E-state index contributed by atoms with van der Waals surface area (Å²) in [4.78, 5) is 5.57. The summed E-state index contributed by atoms with van der Waals surface area (Å²) in [6.07, 6.45) is 1.97. The lowest BCUT2D eigenvalue weighted by molar-refractivity contribution is 0.121. The molecule has 0 aromatic heterocycles. The highest BCUT2D eigenvalue weighted by atomic mass is 32.2. The molecule has 0 aliphatic heterocycles. The molecule has 1 aromatic carbocycles. The largest absolute Gasteiger partial charge is 0.495 e. The van der Waals surface area contributed by atoms with Crippen molar-refractivity contribution >= 4 is 11.8 Å². The van der Waals surface area contributed by atoms with Gasteiger partial charge in [-0.2, -0.15) is 0 Å². The van der Waals surface area contributed by atoms with Gasteiger partial charge >= 0.3 is 0 Å². The summed E-state index contributed by atoms with van der Waals surface area (Å²) in [5.74, 6) is 6.60. The first-order chi connectivity index (χ1) is 7.28. The van der Waals surface area contributed by atoms with E-state index in [1.807, 2.05) is 18.4 Å². The molecule has 15 heavy (non-hydrogen) atoms. The summed E-state index contributed by atoms with van der Waals surface area (Å²) in [5.41, 5.74) is 0.908. The third kappa shape index (κ3) is 2.56. The lowest BCUT2D eigenvalue weighted by Crippen LogP contribution is -2.02. The van der Waals surface area contributed by atoms with Crippen molar-refractivity contribution in [3.05, 3.63) is 17.7 Å². The molecule has 0 atom stereocenters. The van der Waals surface area contributed by atoms with Gasteiger partial charge in [0.1, 0.15) is 11.5 Å². The van der Waals surface area contributed by atoms with Crippen molar-refractivity contribution in [2.75, 3.05) is 20.5 Å². The van der Waals surface area contributed by atoms with Gasteiger partial charge in [-0.05, 0) is 18.4 Å². The lowest BCUT2D eigenvalue weighted by Gasteiger charge is -2.14. The first-order valence-corrected chi connectivity index (χ1v) is 5.60. The Morgan fingerprint density at radius 1 is 1.27 bits per heavy atom. The average Bonchev–Trinajstić information content (AvgIpc) is 2.28. The predicted molar refractivity (Wildman–Crippen MR) is 60.3 cm³/mol. The molecule has 5 heteroatoms. The number of hydrogen-bond donors (Lipinski definition) is 1. The molecular weight excluding hydrogens is 214 g/mol. The van der Waals surface area contributed by atoms with Crippen LogP contribution in [0.4, 0.5) is 0 Å². The van der Waals surface area contributed by atoms with E-state index in [2.05, 4.69) is 4.84 Å². The molecule has 0 radical (unpaired) electrons. The van der Waals surface area contributed by atoms with Crippen LogP contribution in [-0.2, 0) is 11.4 Å². The summed E-state index contributed by atoms with van der Waals surface area (Å²) in [5, 5.41) is 0. The molecule has 0 spiro atoms. The van der Waals surface area contributed by atoms with E-state index >= 15 is 0 Å². The Morgan fingerprint density at radius 3 is 2.47 bits per heavy atom. The van der Waals surface area contributed by atoms with E-state index in [9.17, 15) is 0 Å². The minimum Gasteiger partial charge on any atom is -0.495 e. The van der Waals surface area contributed by atoms with Crippen LogP contribution < -0.4 is 15.4 Å². The molecular formula is C10H15NO3S. The fraction of sp³-hybridized carbons (Fsp3) is 0.400. The maximum atomic E-state index is 5.33. The van der Waals surface area contributed by atoms with Crippen molar-refractivity contribution in [1.82, 2.24) is 0 Å². The van der Waals surface area contributed by atoms with Gasteiger partial charge in [0.2, 0.25) is 0 Å². The van der Waals surface area contributed by atoms with Crippen LogP contribution in [0.3, 0.4) is 0 Å². The minimum absolute atomic E-state index is 0.320. The molecule has 2 N–H and O–H groups in total. The van der Waals surface area contributed by atoms with E-state index in [1.165, 1.54) is 0 Å². The lowest BCUT2D eigenvalue weighted by atomic mass is 10.2. The highest BCUT2D eigenvalue weighted by molar-refractivity contribution is 7.98. The van der Waals surface area contributed by atoms with Crippen molar-refractivity contribution in [2.24, 2.45) is 5.90 Å². The maximum Gasteiger partial charge on any atom is 0.141 e. The van der Waals surface area contributed by atoms with Crippen LogP contribution in [0, 0.1) is 0 Å². The van der Waals surface area contributed by atoms with Gasteiger partial charge in [-0.3, -0.25) is 4.84 Å². The fourth-order valence-corrected chi connectivity index (χ4v) is 2.12. The van der Waals surface area contributed by atoms with E-state index in [0.29, 0.717) is 6.61 Å². The topological polar surface area (TPSA) is 53.7 Å². The van der Waals surface area contributed by atoms with Crippen molar-refractivity contribution in [3.8, 4) is 11.5 Å². The van der Waals surface area contributed by atoms with Crippen molar-refractivity contribution in [3.63, 3.8) is 0 Å². The van der Waals surface area contributed by atoms with Gasteiger partial charge in [0.15, 0.2) is 0 Å². The molecule has 0 fully saturated rings. The molecule has 1 rings (SSSR count). The van der Waals surface area contributed by atoms with Crippen molar-refractivity contribution < 1.29 is 14.3 Å². The predicted octanol–water partition coefficient (Wildman–Crippen LogP) is 1.82. The van der Waals surface area contributed by atoms with E-state index in [-0.39, 0.29) is 0 Å². The number of benzene rings is 1. The summed E-state index contributed by atoms with van der Waals surface area (Å²) < 4.78 is 10.6. The van der Waals surface area contributed by atoms with Crippen LogP contribution in [0.25, 0.3) is 0 Å². The number of methoxy groups -OCH3 is 2. The van der Waals surface area contributed by atoms with E-state index in [0.717, 1.165) is 22.0 Å². The SMILES string of the molecule is COc1ccc(CON)c(OC)c1SC. The Kier molecular flexibility index (Phi) is 4.74. The number of nitrogens with two attached hydrogens (primary N) is 1. The van der Waals surface area contributed by atoms with Gasteiger partial charge in [0.05, 0.1) is 25.7 Å². The molecule has 0 unspecified atom stereocenters. The third-order valence-corrected chi connectivity index (χ3v) is 2.82. The maximum absolute atomic E-state index is 5.33. The second-order valence-electron chi connectivity index (χ2n) is 2.80. The normalized spacial score (nSPS) is 10.1. The average molecular weight is 229 g/mol. The van der Waals surface area contributed by atoms with Gasteiger partial charge < -0.3 is 9.47 Å². The van der Waals surface area contributed by atoms with Gasteiger partial charge in [-0.15, -0.1) is 11.8 Å². The molecule has 1 aromatic rings. The summed E-state index contributed by atoms with van der Waals surface area (Å²) in [7, 11) is 3.25. The molecule has 0 aliphatic carbocycles. The molecule has 0 saturated heterocycles. The van der Waals surface area contributed by atoms with E-state index in [1.54, 1.807) is 26.0 Å². The highest BCUT2D eigenvalue weighted by Gasteiger charge is 2.13. The number of ether oxygens (including phenoxy) is 2. The Morgan fingerprint density at radius 2 is 2.00 bits per heavy atom. The van der Waals surface area contributed by atoms with Crippen molar-refractivity contribution in [1.29, 1.82) is 0 Å². The Hall–Kier alpha value is -0.910. The zero-order valence-electron chi connectivity index (χ0n) is 9.07. The molecule has 0 aliphatic rings. The first-order valence-electron chi connectivity index (χ1n) is 4.38. The standard InChI is InChI=1S/C10H15NO3S/c1-12-8-5-4-7(6-14-11)9(13-2)10(8)15-3/h4-5H,6,11H2,1-3H3. The monoisotopic (exact) mass is 229 g/mol. The minimum atomic E-state index is 0.320. The number of rotatable bonds is 5. The van der Waals surface area contributed by atoms with E-state index in [4.69, 9.17) is 15.4 Å². The van der Waals surface area contributed by atoms with Gasteiger partial charge in [0.25, 0.3) is 0 Å². The number of hydrogen-bond acceptors (Lipinski definition) is 5. The van der Waals surface area contributed by atoms with Crippen LogP contribution in [0.2, 0.25) is 0 Å². The molecule has 0 amide bonds. The van der Waals surface area contributed by atoms with E-state index < -0.39 is 0 Å². The smallest absolute Gasteiger partial charge is 0.141 e. The van der Waals surface area contributed by atoms with Crippen LogP contribution in [0.15, 0.2) is 17.0 Å². The second-order valence-corrected chi connectivity index (χ2v) is 3.62. The summed E-state index contributed by atoms with van der Waals surface area (Å²) in [6.45, 7) is 0.320. The number of thioether (sulfide) groups is 1. The summed E-state index contributed by atoms with van der Waals surface area (Å²) >= 11 is 1.56. The quantitative estimate of drug-likeness (QED) is 0.616. The molecule has 0 heterocycles. The van der Waals surface area contributed by atoms with Crippen molar-refractivity contribution in [2.45, 2.75) is 11.5 Å². The molecule has 4 nitrogen and oxygen atoms in total. The summed E-state index contributed by atoms with van der Waals surface area (Å²) in [6, 6.07) is 3.76. The third-order valence-electron chi connectivity index (χ3n) is 2.02. The Labute approximate surface area is 93.6 Å². The van der Waals surface area contributed by atoms with Gasteiger partial charge in [0, 0.05) is 5.56 Å². The highest BCUT2D eigenvalue weighted by Crippen LogP contribution is 2.39. The molecule has 84 valence electrons. The zero-order valence-corrected chi connectivity index (χ0v) is 9.89. The molecule has 0 bridgehead atoms. The van der Waals surface area contributed by atoms with Gasteiger partial charge in [-0.25, -0.2) is 5.90 Å². The fourth-order valence-electron chi connectivity index (χ4n) is 1.37. The van der Waals surface area contributed by atoms with Gasteiger partial charge in [-0.1, -0.05) is 0 Å². The molecule has 0 saturated carbocycles. The van der Waals surface area contributed by atoms with Crippen LogP contribution in [0.5, 0.6) is 11.5 Å². The van der Waals surface area contributed by atoms with Crippen LogP contribution >= 0.6 is 11.8 Å². The van der Waals surface area contributed by atoms with Crippen LogP contribution in [0.1, 0.15) is 5.56 Å². The zero-order chi connectivity index (χ0) is 11.3. The van der Waals surface area contributed by atoms with Crippen LogP contribution in [-0.4, -0.2) is 20.5 Å². The Bertz CT molecular complexity index is 331. The second kappa shape index (κ2) is 5.85.